The van der Waals surface area contributed by atoms with E-state index in [0.717, 1.165) is 17.8 Å². The smallest absolute Gasteiger partial charge is 0.274 e. The lowest BCUT2D eigenvalue weighted by molar-refractivity contribution is 0.0706. The minimum absolute atomic E-state index is 0.420. The molecule has 0 aliphatic carbocycles. The molecular weight excluding hydrogens is 336 g/mol. The van der Waals surface area contributed by atoms with Gasteiger partial charge in [0.2, 0.25) is 0 Å². The summed E-state index contributed by atoms with van der Waals surface area (Å²) in [6.07, 6.45) is 2.06. The summed E-state index contributed by atoms with van der Waals surface area (Å²) in [6.45, 7) is 2.78. The maximum Gasteiger partial charge on any atom is 0.274 e. The Balaban J connectivity index is 1.59. The number of benzene rings is 3. The molecule has 0 saturated carbocycles. The third-order valence-corrected chi connectivity index (χ3v) is 4.25. The lowest BCUT2D eigenvalue weighted by Crippen LogP contribution is -2.18. The summed E-state index contributed by atoms with van der Waals surface area (Å²) in [5.74, 6) is -0.511. The summed E-state index contributed by atoms with van der Waals surface area (Å²) in [7, 11) is 0. The van der Waals surface area contributed by atoms with Crippen LogP contribution in [0.15, 0.2) is 84.4 Å². The molecule has 0 unspecified atom stereocenters. The summed E-state index contributed by atoms with van der Waals surface area (Å²) in [4.78, 5) is 11.3. The Morgan fingerprint density at radius 3 is 2.15 bits per heavy atom. The van der Waals surface area contributed by atoms with E-state index in [-0.39, 0.29) is 0 Å². The van der Waals surface area contributed by atoms with E-state index in [9.17, 15) is 4.79 Å². The van der Waals surface area contributed by atoms with E-state index in [2.05, 4.69) is 54.7 Å². The highest BCUT2D eigenvalue weighted by atomic mass is 16.5. The van der Waals surface area contributed by atoms with E-state index in [0.29, 0.717) is 5.56 Å². The van der Waals surface area contributed by atoms with E-state index in [1.807, 2.05) is 30.3 Å². The molecule has 0 fully saturated rings. The third kappa shape index (κ3) is 5.06. The minimum atomic E-state index is -0.511. The zero-order valence-electron chi connectivity index (χ0n) is 15.1. The van der Waals surface area contributed by atoms with Crippen molar-refractivity contribution in [3.8, 4) is 11.1 Å². The van der Waals surface area contributed by atoms with Crippen LogP contribution in [0.2, 0.25) is 0 Å². The predicted octanol–water partition coefficient (Wildman–Crippen LogP) is 4.99. The number of nitrogens with one attached hydrogen (secondary N) is 2. The fourth-order valence-corrected chi connectivity index (χ4v) is 2.78. The maximum atomic E-state index is 11.3. The number of rotatable bonds is 6. The molecule has 0 aromatic heterocycles. The summed E-state index contributed by atoms with van der Waals surface area (Å²) in [5, 5.41) is 12.1. The number of carbonyl (C=O) groups excluding carboxylic acids is 1. The zero-order chi connectivity index (χ0) is 19.1. The van der Waals surface area contributed by atoms with Crippen LogP contribution in [0.5, 0.6) is 0 Å². The fourth-order valence-electron chi connectivity index (χ4n) is 2.78. The Hall–Kier alpha value is -3.37. The van der Waals surface area contributed by atoms with Crippen LogP contribution in [-0.4, -0.2) is 17.7 Å². The second-order valence-corrected chi connectivity index (χ2v) is 6.35. The van der Waals surface area contributed by atoms with E-state index in [1.54, 1.807) is 17.6 Å². The monoisotopic (exact) mass is 358 g/mol. The van der Waals surface area contributed by atoms with Gasteiger partial charge in [-0.25, -0.2) is 5.48 Å². The molecular formula is C23H22N2O2. The van der Waals surface area contributed by atoms with Crippen molar-refractivity contribution in [1.29, 1.82) is 0 Å². The summed E-state index contributed by atoms with van der Waals surface area (Å²) in [6, 6.07) is 25.8. The lowest BCUT2D eigenvalue weighted by atomic mass is 10.1. The Morgan fingerprint density at radius 1 is 0.889 bits per heavy atom. The van der Waals surface area contributed by atoms with Gasteiger partial charge in [-0.15, -0.1) is 0 Å². The second kappa shape index (κ2) is 8.83. The van der Waals surface area contributed by atoms with Crippen molar-refractivity contribution < 1.29 is 10.0 Å². The second-order valence-electron chi connectivity index (χ2n) is 6.35. The van der Waals surface area contributed by atoms with Crippen LogP contribution in [0.25, 0.3) is 17.2 Å². The number of amides is 1. The predicted molar refractivity (Wildman–Crippen MR) is 110 cm³/mol. The molecule has 1 amide bonds. The van der Waals surface area contributed by atoms with Gasteiger partial charge in [0.1, 0.15) is 0 Å². The van der Waals surface area contributed by atoms with Crippen LogP contribution in [-0.2, 0) is 0 Å². The van der Waals surface area contributed by atoms with E-state index >= 15 is 0 Å². The number of hydrogen-bond acceptors (Lipinski definition) is 3. The lowest BCUT2D eigenvalue weighted by Gasteiger charge is -2.09. The minimum Gasteiger partial charge on any atom is -0.381 e. The Labute approximate surface area is 159 Å². The first-order chi connectivity index (χ1) is 13.2. The van der Waals surface area contributed by atoms with Gasteiger partial charge >= 0.3 is 0 Å². The third-order valence-electron chi connectivity index (χ3n) is 4.25. The summed E-state index contributed by atoms with van der Waals surface area (Å²) < 4.78 is 0. The maximum absolute atomic E-state index is 11.3. The molecule has 0 atom stereocenters. The van der Waals surface area contributed by atoms with Crippen molar-refractivity contribution in [2.45, 2.75) is 6.92 Å². The quantitative estimate of drug-likeness (QED) is 0.430. The fraction of sp³-hybridized carbons (Fsp3) is 0.0870. The van der Waals surface area contributed by atoms with Crippen molar-refractivity contribution in [3.05, 3.63) is 95.6 Å². The van der Waals surface area contributed by atoms with Crippen molar-refractivity contribution in [1.82, 2.24) is 5.48 Å². The molecule has 0 radical (unpaired) electrons. The molecule has 27 heavy (non-hydrogen) atoms. The van der Waals surface area contributed by atoms with Crippen molar-refractivity contribution >= 4 is 17.7 Å². The highest BCUT2D eigenvalue weighted by Gasteiger charge is 2.02. The van der Waals surface area contributed by atoms with Crippen LogP contribution < -0.4 is 10.8 Å². The number of hydroxylamine groups is 1. The average molecular weight is 358 g/mol. The van der Waals surface area contributed by atoms with Gasteiger partial charge in [0.15, 0.2) is 0 Å². The molecule has 4 heteroatoms. The SMILES string of the molecule is CC(=Cc1ccc(C(=O)NO)cc1)CNc1ccc(-c2ccccc2)cc1. The molecule has 0 aliphatic heterocycles. The zero-order valence-corrected chi connectivity index (χ0v) is 15.1. The molecule has 0 aliphatic rings. The van der Waals surface area contributed by atoms with Crippen LogP contribution in [0.3, 0.4) is 0 Å². The van der Waals surface area contributed by atoms with Gasteiger partial charge in [0.25, 0.3) is 5.91 Å². The van der Waals surface area contributed by atoms with Crippen LogP contribution >= 0.6 is 0 Å². The highest BCUT2D eigenvalue weighted by Crippen LogP contribution is 2.21. The standard InChI is InChI=1S/C23H22N2O2/c1-17(15-18-7-9-21(10-8-18)23(26)25-27)16-24-22-13-11-20(12-14-22)19-5-3-2-4-6-19/h2-15,24,27H,16H2,1H3,(H,25,26). The highest BCUT2D eigenvalue weighted by molar-refractivity contribution is 5.93. The van der Waals surface area contributed by atoms with Gasteiger partial charge in [-0.1, -0.05) is 66.2 Å². The molecule has 3 N–H and O–H groups in total. The van der Waals surface area contributed by atoms with E-state index in [1.165, 1.54) is 16.7 Å². The van der Waals surface area contributed by atoms with Gasteiger partial charge < -0.3 is 5.32 Å². The molecule has 0 heterocycles. The first-order valence-corrected chi connectivity index (χ1v) is 8.77. The van der Waals surface area contributed by atoms with Crippen LogP contribution in [0.1, 0.15) is 22.8 Å². The topological polar surface area (TPSA) is 61.4 Å². The number of carbonyl (C=O) groups is 1. The van der Waals surface area contributed by atoms with Crippen molar-refractivity contribution in [2.75, 3.05) is 11.9 Å². The van der Waals surface area contributed by atoms with Gasteiger partial charge in [-0.3, -0.25) is 10.0 Å². The molecule has 0 spiro atoms. The molecule has 3 rings (SSSR count). The van der Waals surface area contributed by atoms with Crippen LogP contribution in [0, 0.1) is 0 Å². The molecule has 3 aromatic carbocycles. The number of anilines is 1. The van der Waals surface area contributed by atoms with E-state index in [4.69, 9.17) is 5.21 Å². The van der Waals surface area contributed by atoms with Gasteiger partial charge in [0.05, 0.1) is 0 Å². The Kier molecular flexibility index (Phi) is 6.02. The first-order valence-electron chi connectivity index (χ1n) is 8.77. The normalized spacial score (nSPS) is 11.1. The molecule has 4 nitrogen and oxygen atoms in total. The first kappa shape index (κ1) is 18.4. The Morgan fingerprint density at radius 2 is 1.52 bits per heavy atom. The molecule has 136 valence electrons. The van der Waals surface area contributed by atoms with Gasteiger partial charge in [0, 0.05) is 17.8 Å². The van der Waals surface area contributed by atoms with Crippen molar-refractivity contribution in [2.24, 2.45) is 0 Å². The van der Waals surface area contributed by atoms with Gasteiger partial charge in [-0.05, 0) is 47.9 Å². The summed E-state index contributed by atoms with van der Waals surface area (Å²) >= 11 is 0. The van der Waals surface area contributed by atoms with Crippen LogP contribution in [0.4, 0.5) is 5.69 Å². The van der Waals surface area contributed by atoms with E-state index < -0.39 is 5.91 Å². The molecule has 3 aromatic rings. The number of hydrogen-bond donors (Lipinski definition) is 3. The largest absolute Gasteiger partial charge is 0.381 e. The average Bonchev–Trinajstić information content (AvgIpc) is 2.73. The van der Waals surface area contributed by atoms with Gasteiger partial charge in [-0.2, -0.15) is 0 Å². The van der Waals surface area contributed by atoms with Crippen molar-refractivity contribution in [3.63, 3.8) is 0 Å². The molecule has 0 saturated heterocycles. The Bertz CT molecular complexity index is 915. The molecule has 0 bridgehead atoms. The summed E-state index contributed by atoms with van der Waals surface area (Å²) in [5.41, 5.74) is 7.69.